The van der Waals surface area contributed by atoms with Crippen molar-refractivity contribution in [2.24, 2.45) is 0 Å². The zero-order chi connectivity index (χ0) is 25.9. The van der Waals surface area contributed by atoms with E-state index in [1.165, 1.54) is 44.1 Å². The maximum Gasteiger partial charge on any atom is 0.387 e. The molecule has 0 fully saturated rings. The first-order valence-electron chi connectivity index (χ1n) is 10.4. The number of anilines is 1. The lowest BCUT2D eigenvalue weighted by Crippen LogP contribution is -2.41. The van der Waals surface area contributed by atoms with Crippen LogP contribution in [0.15, 0.2) is 54.7 Å². The Balaban J connectivity index is 2.06. The van der Waals surface area contributed by atoms with Crippen molar-refractivity contribution >= 4 is 23.2 Å². The van der Waals surface area contributed by atoms with Crippen molar-refractivity contribution in [3.63, 3.8) is 0 Å². The largest absolute Gasteiger partial charge is 0.435 e. The second kappa shape index (κ2) is 10.5. The van der Waals surface area contributed by atoms with Crippen molar-refractivity contribution in [1.82, 2.24) is 4.98 Å². The number of alkyl halides is 4. The third-order valence-corrected chi connectivity index (χ3v) is 5.74. The molecule has 3 rings (SSSR count). The fourth-order valence-electron chi connectivity index (χ4n) is 3.71. The lowest BCUT2D eigenvalue weighted by atomic mass is 9.82. The van der Waals surface area contributed by atoms with E-state index in [4.69, 9.17) is 11.6 Å². The SMILES string of the molecule is Cc1ccccc1-c1cc(Cl)ncc1N(C)C(=O)C(C)(C)c1cc(OC(F)F)cc(OC(F)F)c1. The highest BCUT2D eigenvalue weighted by Crippen LogP contribution is 2.38. The van der Waals surface area contributed by atoms with Gasteiger partial charge < -0.3 is 14.4 Å². The summed E-state index contributed by atoms with van der Waals surface area (Å²) in [5.41, 5.74) is 1.67. The van der Waals surface area contributed by atoms with Gasteiger partial charge in [-0.3, -0.25) is 4.79 Å². The molecule has 186 valence electrons. The highest BCUT2D eigenvalue weighted by atomic mass is 35.5. The standard InChI is InChI=1S/C25H23ClF4N2O3/c1-14-7-5-6-8-18(14)19-12-21(26)31-13-20(19)32(4)22(33)25(2,3)15-9-16(34-23(27)28)11-17(10-15)35-24(29)30/h5-13,23-24H,1-4H3. The first kappa shape index (κ1) is 26.3. The number of rotatable bonds is 8. The number of carbonyl (C=O) groups is 1. The lowest BCUT2D eigenvalue weighted by molar-refractivity contribution is -0.122. The summed E-state index contributed by atoms with van der Waals surface area (Å²) >= 11 is 6.14. The van der Waals surface area contributed by atoms with Crippen LogP contribution in [0, 0.1) is 6.92 Å². The van der Waals surface area contributed by atoms with Crippen LogP contribution in [0.5, 0.6) is 11.5 Å². The van der Waals surface area contributed by atoms with Crippen molar-refractivity contribution in [2.75, 3.05) is 11.9 Å². The molecule has 10 heteroatoms. The van der Waals surface area contributed by atoms with Crippen LogP contribution in [0.4, 0.5) is 23.2 Å². The van der Waals surface area contributed by atoms with Gasteiger partial charge in [-0.25, -0.2) is 4.98 Å². The van der Waals surface area contributed by atoms with Gasteiger partial charge in [0, 0.05) is 18.7 Å². The number of carbonyl (C=O) groups excluding carboxylic acids is 1. The Kier molecular flexibility index (Phi) is 7.90. The Bertz CT molecular complexity index is 1190. The molecule has 0 saturated carbocycles. The fourth-order valence-corrected chi connectivity index (χ4v) is 3.87. The van der Waals surface area contributed by atoms with E-state index < -0.39 is 36.0 Å². The zero-order valence-corrected chi connectivity index (χ0v) is 20.1. The Morgan fingerprint density at radius 1 is 0.971 bits per heavy atom. The molecule has 0 aliphatic rings. The van der Waals surface area contributed by atoms with Gasteiger partial charge >= 0.3 is 13.2 Å². The number of amides is 1. The molecule has 0 N–H and O–H groups in total. The van der Waals surface area contributed by atoms with Crippen molar-refractivity contribution in [2.45, 2.75) is 39.4 Å². The number of hydrogen-bond acceptors (Lipinski definition) is 4. The first-order chi connectivity index (χ1) is 16.4. The van der Waals surface area contributed by atoms with Crippen LogP contribution in [0.25, 0.3) is 11.1 Å². The van der Waals surface area contributed by atoms with Gasteiger partial charge in [0.1, 0.15) is 16.7 Å². The molecule has 1 heterocycles. The van der Waals surface area contributed by atoms with Crippen LogP contribution < -0.4 is 14.4 Å². The number of benzene rings is 2. The summed E-state index contributed by atoms with van der Waals surface area (Å²) in [5.74, 6) is -1.29. The average Bonchev–Trinajstić information content (AvgIpc) is 2.77. The molecule has 5 nitrogen and oxygen atoms in total. The molecule has 2 aromatic carbocycles. The third kappa shape index (κ3) is 6.03. The molecular formula is C25H23ClF4N2O3. The zero-order valence-electron chi connectivity index (χ0n) is 19.4. The number of likely N-dealkylation sites (N-methyl/N-ethyl adjacent to an activating group) is 1. The van der Waals surface area contributed by atoms with Crippen molar-refractivity contribution in [3.8, 4) is 22.6 Å². The number of ether oxygens (including phenoxy) is 2. The minimum atomic E-state index is -3.19. The van der Waals surface area contributed by atoms with E-state index in [1.54, 1.807) is 6.07 Å². The molecular weight excluding hydrogens is 488 g/mol. The predicted octanol–water partition coefficient (Wildman–Crippen LogP) is 6.85. The molecule has 0 atom stereocenters. The number of aromatic nitrogens is 1. The number of aryl methyl sites for hydroxylation is 1. The van der Waals surface area contributed by atoms with Gasteiger partial charge in [0.25, 0.3) is 0 Å². The maximum absolute atomic E-state index is 13.7. The van der Waals surface area contributed by atoms with Crippen molar-refractivity contribution in [1.29, 1.82) is 0 Å². The topological polar surface area (TPSA) is 51.7 Å². The molecule has 0 saturated heterocycles. The summed E-state index contributed by atoms with van der Waals surface area (Å²) in [6.45, 7) is -1.39. The average molecular weight is 511 g/mol. The molecule has 3 aromatic rings. The van der Waals surface area contributed by atoms with E-state index in [0.29, 0.717) is 11.3 Å². The van der Waals surface area contributed by atoms with Crippen LogP contribution in [-0.4, -0.2) is 31.2 Å². The molecule has 1 amide bonds. The normalized spacial score (nSPS) is 11.6. The number of nitrogens with zero attached hydrogens (tertiary/aromatic N) is 2. The molecule has 0 bridgehead atoms. The van der Waals surface area contributed by atoms with Gasteiger partial charge in [-0.1, -0.05) is 35.9 Å². The van der Waals surface area contributed by atoms with Gasteiger partial charge in [0.05, 0.1) is 17.3 Å². The molecule has 1 aromatic heterocycles. The monoisotopic (exact) mass is 510 g/mol. The van der Waals surface area contributed by atoms with E-state index in [0.717, 1.165) is 17.2 Å². The Morgan fingerprint density at radius 2 is 1.54 bits per heavy atom. The van der Waals surface area contributed by atoms with Crippen LogP contribution in [0.1, 0.15) is 25.0 Å². The van der Waals surface area contributed by atoms with Crippen molar-refractivity contribution < 1.29 is 31.8 Å². The van der Waals surface area contributed by atoms with Crippen LogP contribution in [0.3, 0.4) is 0 Å². The van der Waals surface area contributed by atoms with E-state index in [9.17, 15) is 22.4 Å². The molecule has 0 aliphatic carbocycles. The van der Waals surface area contributed by atoms with Gasteiger partial charge in [0.15, 0.2) is 0 Å². The summed E-state index contributed by atoms with van der Waals surface area (Å²) in [6.07, 6.45) is 1.46. The minimum Gasteiger partial charge on any atom is -0.435 e. The maximum atomic E-state index is 13.7. The second-order valence-corrected chi connectivity index (χ2v) is 8.67. The third-order valence-electron chi connectivity index (χ3n) is 5.54. The second-order valence-electron chi connectivity index (χ2n) is 8.28. The lowest BCUT2D eigenvalue weighted by Gasteiger charge is -2.31. The Morgan fingerprint density at radius 3 is 2.09 bits per heavy atom. The summed E-state index contributed by atoms with van der Waals surface area (Å²) in [6, 6.07) is 12.5. The number of hydrogen-bond donors (Lipinski definition) is 0. The van der Waals surface area contributed by atoms with Crippen molar-refractivity contribution in [3.05, 3.63) is 71.0 Å². The highest BCUT2D eigenvalue weighted by molar-refractivity contribution is 6.29. The van der Waals surface area contributed by atoms with Gasteiger partial charge in [0.2, 0.25) is 5.91 Å². The first-order valence-corrected chi connectivity index (χ1v) is 10.8. The van der Waals surface area contributed by atoms with Gasteiger partial charge in [-0.15, -0.1) is 0 Å². The molecule has 0 unspecified atom stereocenters. The Labute approximate surface area is 205 Å². The molecule has 0 radical (unpaired) electrons. The highest BCUT2D eigenvalue weighted by Gasteiger charge is 2.35. The van der Waals surface area contributed by atoms with Crippen LogP contribution >= 0.6 is 11.6 Å². The summed E-state index contributed by atoms with van der Waals surface area (Å²) < 4.78 is 60.1. The van der Waals surface area contributed by atoms with E-state index in [1.807, 2.05) is 31.2 Å². The van der Waals surface area contributed by atoms with Gasteiger partial charge in [-0.2, -0.15) is 17.6 Å². The quantitative estimate of drug-likeness (QED) is 0.245. The molecule has 35 heavy (non-hydrogen) atoms. The number of pyridine rings is 1. The summed E-state index contributed by atoms with van der Waals surface area (Å²) in [5, 5.41) is 0.234. The Hall–Kier alpha value is -3.33. The van der Waals surface area contributed by atoms with E-state index in [-0.39, 0.29) is 10.7 Å². The van der Waals surface area contributed by atoms with E-state index >= 15 is 0 Å². The fraction of sp³-hybridized carbons (Fsp3) is 0.280. The van der Waals surface area contributed by atoms with Gasteiger partial charge in [-0.05, 0) is 55.7 Å². The smallest absolute Gasteiger partial charge is 0.387 e. The molecule has 0 spiro atoms. The number of halogens is 5. The predicted molar refractivity (Wildman–Crippen MR) is 126 cm³/mol. The summed E-state index contributed by atoms with van der Waals surface area (Å²) in [7, 11) is 1.53. The van der Waals surface area contributed by atoms with Crippen LogP contribution in [-0.2, 0) is 10.2 Å². The summed E-state index contributed by atoms with van der Waals surface area (Å²) in [4.78, 5) is 19.1. The minimum absolute atomic E-state index is 0.141. The van der Waals surface area contributed by atoms with Crippen LogP contribution in [0.2, 0.25) is 5.15 Å². The van der Waals surface area contributed by atoms with E-state index in [2.05, 4.69) is 14.5 Å². The molecule has 0 aliphatic heterocycles.